The summed E-state index contributed by atoms with van der Waals surface area (Å²) in [6.45, 7) is 0.490. The van der Waals surface area contributed by atoms with E-state index in [1.165, 1.54) is 6.26 Å². The zero-order valence-electron chi connectivity index (χ0n) is 7.09. The van der Waals surface area contributed by atoms with Gasteiger partial charge in [0.15, 0.2) is 6.29 Å². The molecule has 4 nitrogen and oxygen atoms in total. The van der Waals surface area contributed by atoms with Gasteiger partial charge in [-0.1, -0.05) is 0 Å². The fourth-order valence-electron chi connectivity index (χ4n) is 1.58. The van der Waals surface area contributed by atoms with Crippen LogP contribution in [0.3, 0.4) is 0 Å². The van der Waals surface area contributed by atoms with E-state index >= 15 is 0 Å². The van der Waals surface area contributed by atoms with Crippen LogP contribution in [0.4, 0.5) is 0 Å². The average molecular weight is 184 g/mol. The van der Waals surface area contributed by atoms with Crippen molar-refractivity contribution in [3.8, 4) is 0 Å². The van der Waals surface area contributed by atoms with Gasteiger partial charge in [-0.15, -0.1) is 0 Å². The lowest BCUT2D eigenvalue weighted by Crippen LogP contribution is -2.21. The van der Waals surface area contributed by atoms with Crippen molar-refractivity contribution in [1.82, 2.24) is 0 Å². The fraction of sp³-hybridized carbons (Fsp3) is 0.556. The minimum absolute atomic E-state index is 0.272. The number of rotatable bonds is 2. The summed E-state index contributed by atoms with van der Waals surface area (Å²) in [6.07, 6.45) is 0.511. The molecule has 2 N–H and O–H groups in total. The highest BCUT2D eigenvalue weighted by Crippen LogP contribution is 2.32. The molecule has 0 bridgehead atoms. The highest BCUT2D eigenvalue weighted by molar-refractivity contribution is 5.04. The summed E-state index contributed by atoms with van der Waals surface area (Å²) in [5.74, 6) is 0.209. The molecule has 2 heterocycles. The van der Waals surface area contributed by atoms with E-state index in [9.17, 15) is 10.2 Å². The van der Waals surface area contributed by atoms with E-state index in [4.69, 9.17) is 9.15 Å². The van der Waals surface area contributed by atoms with Crippen LogP contribution in [0.2, 0.25) is 0 Å². The van der Waals surface area contributed by atoms with Crippen molar-refractivity contribution in [1.29, 1.82) is 0 Å². The van der Waals surface area contributed by atoms with Crippen molar-refractivity contribution >= 4 is 0 Å². The van der Waals surface area contributed by atoms with Gasteiger partial charge < -0.3 is 19.4 Å². The van der Waals surface area contributed by atoms with Crippen LogP contribution < -0.4 is 0 Å². The average Bonchev–Trinajstić information content (AvgIpc) is 2.72. The van der Waals surface area contributed by atoms with Gasteiger partial charge in [-0.05, 0) is 18.6 Å². The molecule has 1 saturated heterocycles. The zero-order valence-corrected chi connectivity index (χ0v) is 7.09. The van der Waals surface area contributed by atoms with Gasteiger partial charge in [-0.3, -0.25) is 0 Å². The second-order valence-electron chi connectivity index (χ2n) is 3.17. The molecule has 1 aliphatic rings. The molecule has 1 aromatic rings. The van der Waals surface area contributed by atoms with Gasteiger partial charge in [-0.2, -0.15) is 0 Å². The Hall–Kier alpha value is -0.840. The maximum Gasteiger partial charge on any atom is 0.160 e. The Balaban J connectivity index is 2.08. The minimum Gasteiger partial charge on any atom is -0.467 e. The van der Waals surface area contributed by atoms with Gasteiger partial charge in [0, 0.05) is 5.92 Å². The molecule has 0 saturated carbocycles. The van der Waals surface area contributed by atoms with Crippen molar-refractivity contribution in [2.75, 3.05) is 6.61 Å². The van der Waals surface area contributed by atoms with Crippen LogP contribution in [0.25, 0.3) is 0 Å². The lowest BCUT2D eigenvalue weighted by atomic mass is 9.98. The quantitative estimate of drug-likeness (QED) is 0.709. The third-order valence-corrected chi connectivity index (χ3v) is 2.35. The van der Waals surface area contributed by atoms with E-state index in [0.29, 0.717) is 18.8 Å². The summed E-state index contributed by atoms with van der Waals surface area (Å²) in [5.41, 5.74) is 0. The van der Waals surface area contributed by atoms with Gasteiger partial charge in [0.25, 0.3) is 0 Å². The van der Waals surface area contributed by atoms with Crippen molar-refractivity contribution < 1.29 is 19.4 Å². The van der Waals surface area contributed by atoms with E-state index in [1.807, 2.05) is 0 Å². The Kier molecular flexibility index (Phi) is 2.35. The number of hydrogen-bond donors (Lipinski definition) is 2. The van der Waals surface area contributed by atoms with Gasteiger partial charge in [0.05, 0.1) is 12.9 Å². The van der Waals surface area contributed by atoms with Crippen molar-refractivity contribution in [2.24, 2.45) is 5.92 Å². The van der Waals surface area contributed by atoms with Crippen LogP contribution in [0.5, 0.6) is 0 Å². The number of aliphatic hydroxyl groups is 2. The first-order valence-corrected chi connectivity index (χ1v) is 4.30. The van der Waals surface area contributed by atoms with Crippen molar-refractivity contribution in [2.45, 2.75) is 18.8 Å². The molecule has 2 rings (SSSR count). The summed E-state index contributed by atoms with van der Waals surface area (Å²) in [7, 11) is 0. The Morgan fingerprint density at radius 1 is 1.54 bits per heavy atom. The number of hydrogen-bond acceptors (Lipinski definition) is 4. The molecule has 0 radical (unpaired) electrons. The maximum absolute atomic E-state index is 9.75. The molecule has 3 atom stereocenters. The van der Waals surface area contributed by atoms with Gasteiger partial charge in [0.2, 0.25) is 0 Å². The topological polar surface area (TPSA) is 62.8 Å². The molecule has 1 aromatic heterocycles. The monoisotopic (exact) mass is 184 g/mol. The molecule has 1 aliphatic heterocycles. The summed E-state index contributed by atoms with van der Waals surface area (Å²) < 4.78 is 9.98. The smallest absolute Gasteiger partial charge is 0.160 e. The molecule has 1 fully saturated rings. The van der Waals surface area contributed by atoms with Crippen LogP contribution in [0, 0.1) is 5.92 Å². The molecule has 72 valence electrons. The predicted octanol–water partition coefficient (Wildman–Crippen LogP) is 0.668. The van der Waals surface area contributed by atoms with Crippen LogP contribution >= 0.6 is 0 Å². The fourth-order valence-corrected chi connectivity index (χ4v) is 1.58. The third kappa shape index (κ3) is 1.60. The molecule has 0 aliphatic carbocycles. The molecule has 3 unspecified atom stereocenters. The van der Waals surface area contributed by atoms with Gasteiger partial charge in [0.1, 0.15) is 11.9 Å². The molecule has 0 amide bonds. The summed E-state index contributed by atoms with van der Waals surface area (Å²) in [5, 5.41) is 19.1. The second-order valence-corrected chi connectivity index (χ2v) is 3.17. The van der Waals surface area contributed by atoms with Crippen molar-refractivity contribution in [3.05, 3.63) is 24.2 Å². The standard InChI is InChI=1S/C9H12O4/c10-8(7-2-1-4-12-7)6-3-5-13-9(6)11/h1-2,4,6,8-11H,3,5H2. The number of furan rings is 1. The Bertz CT molecular complexity index is 257. The van der Waals surface area contributed by atoms with Gasteiger partial charge >= 0.3 is 0 Å². The van der Waals surface area contributed by atoms with E-state index < -0.39 is 12.4 Å². The van der Waals surface area contributed by atoms with E-state index in [0.717, 1.165) is 0 Å². The van der Waals surface area contributed by atoms with Crippen LogP contribution in [0.15, 0.2) is 22.8 Å². The molecule has 0 aromatic carbocycles. The third-order valence-electron chi connectivity index (χ3n) is 2.35. The van der Waals surface area contributed by atoms with E-state index in [2.05, 4.69) is 0 Å². The zero-order chi connectivity index (χ0) is 9.26. The molecular weight excluding hydrogens is 172 g/mol. The summed E-state index contributed by atoms with van der Waals surface area (Å²) in [6, 6.07) is 3.40. The lowest BCUT2D eigenvalue weighted by molar-refractivity contribution is -0.109. The summed E-state index contributed by atoms with van der Waals surface area (Å²) in [4.78, 5) is 0. The highest BCUT2D eigenvalue weighted by atomic mass is 16.6. The predicted molar refractivity (Wildman–Crippen MR) is 43.7 cm³/mol. The second kappa shape index (κ2) is 3.49. The molecular formula is C9H12O4. The Morgan fingerprint density at radius 3 is 2.92 bits per heavy atom. The maximum atomic E-state index is 9.75. The molecule has 13 heavy (non-hydrogen) atoms. The highest BCUT2D eigenvalue weighted by Gasteiger charge is 2.34. The SMILES string of the molecule is OC1OCCC1C(O)c1ccco1. The van der Waals surface area contributed by atoms with Crippen LogP contribution in [-0.2, 0) is 4.74 Å². The first kappa shape index (κ1) is 8.74. The Labute approximate surface area is 75.7 Å². The minimum atomic E-state index is -0.875. The largest absolute Gasteiger partial charge is 0.467 e. The molecule has 0 spiro atoms. The van der Waals surface area contributed by atoms with Gasteiger partial charge in [-0.25, -0.2) is 0 Å². The normalized spacial score (nSPS) is 30.6. The molecule has 4 heteroatoms. The van der Waals surface area contributed by atoms with E-state index in [-0.39, 0.29) is 5.92 Å². The lowest BCUT2D eigenvalue weighted by Gasteiger charge is -2.17. The van der Waals surface area contributed by atoms with E-state index in [1.54, 1.807) is 12.1 Å². The first-order valence-electron chi connectivity index (χ1n) is 4.30. The Morgan fingerprint density at radius 2 is 2.38 bits per heavy atom. The summed E-state index contributed by atoms with van der Waals surface area (Å²) >= 11 is 0. The van der Waals surface area contributed by atoms with Crippen LogP contribution in [-0.4, -0.2) is 23.1 Å². The number of ether oxygens (including phenoxy) is 1. The first-order chi connectivity index (χ1) is 6.29. The van der Waals surface area contributed by atoms with Crippen molar-refractivity contribution in [3.63, 3.8) is 0 Å². The number of aliphatic hydroxyl groups excluding tert-OH is 2. The van der Waals surface area contributed by atoms with Crippen LogP contribution in [0.1, 0.15) is 18.3 Å².